The lowest BCUT2D eigenvalue weighted by Gasteiger charge is -2.13. The van der Waals surface area contributed by atoms with Crippen molar-refractivity contribution in [3.05, 3.63) is 58.3 Å². The lowest BCUT2D eigenvalue weighted by molar-refractivity contribution is -0.140. The fraction of sp³-hybridized carbons (Fsp3) is 0.143. The number of rotatable bonds is 3. The Morgan fingerprint density at radius 1 is 1.23 bits per heavy atom. The second-order valence-corrected chi connectivity index (χ2v) is 4.52. The van der Waals surface area contributed by atoms with Gasteiger partial charge in [0.05, 0.1) is 0 Å². The molecule has 0 aliphatic rings. The molecule has 8 heteroatoms. The average molecular weight is 315 g/mol. The molecule has 1 aromatic heterocycles. The number of aromatic nitrogens is 1. The first-order valence-electron chi connectivity index (χ1n) is 5.97. The van der Waals surface area contributed by atoms with Crippen LogP contribution in [0.4, 0.5) is 17.6 Å². The van der Waals surface area contributed by atoms with Gasteiger partial charge in [-0.25, -0.2) is 9.18 Å². The van der Waals surface area contributed by atoms with Gasteiger partial charge in [0, 0.05) is 18.0 Å². The Morgan fingerprint density at radius 3 is 2.45 bits per heavy atom. The molecule has 4 nitrogen and oxygen atoms in total. The second kappa shape index (κ2) is 5.63. The van der Waals surface area contributed by atoms with Gasteiger partial charge in [-0.05, 0) is 17.7 Å². The SMILES string of the molecule is O=C(O)c1cn(CC(F)(F)F)cc(-c2cccc(F)c2)c1=O. The van der Waals surface area contributed by atoms with Crippen molar-refractivity contribution in [1.82, 2.24) is 4.57 Å². The normalized spacial score (nSPS) is 11.5. The Bertz CT molecular complexity index is 780. The summed E-state index contributed by atoms with van der Waals surface area (Å²) in [4.78, 5) is 23.1. The molecule has 0 fully saturated rings. The molecule has 1 N–H and O–H groups in total. The summed E-state index contributed by atoms with van der Waals surface area (Å²) in [6.45, 7) is -1.46. The van der Waals surface area contributed by atoms with Crippen molar-refractivity contribution in [3.8, 4) is 11.1 Å². The number of hydrogen-bond acceptors (Lipinski definition) is 2. The van der Waals surface area contributed by atoms with Crippen LogP contribution in [0, 0.1) is 5.82 Å². The zero-order chi connectivity index (χ0) is 16.5. The summed E-state index contributed by atoms with van der Waals surface area (Å²) in [6.07, 6.45) is -3.12. The van der Waals surface area contributed by atoms with Crippen LogP contribution in [-0.2, 0) is 6.54 Å². The number of carboxylic acids is 1. The largest absolute Gasteiger partial charge is 0.477 e. The van der Waals surface area contributed by atoms with Crippen LogP contribution in [0.3, 0.4) is 0 Å². The average Bonchev–Trinajstić information content (AvgIpc) is 2.38. The molecular formula is C14H9F4NO3. The third-order valence-electron chi connectivity index (χ3n) is 2.81. The number of aromatic carboxylic acids is 1. The first-order chi connectivity index (χ1) is 10.2. The molecule has 0 aliphatic heterocycles. The zero-order valence-corrected chi connectivity index (χ0v) is 10.9. The number of carboxylic acid groups (broad SMARTS) is 1. The number of hydrogen-bond donors (Lipinski definition) is 1. The van der Waals surface area contributed by atoms with E-state index in [1.807, 2.05) is 0 Å². The van der Waals surface area contributed by atoms with Crippen molar-refractivity contribution in [1.29, 1.82) is 0 Å². The molecule has 0 atom stereocenters. The van der Waals surface area contributed by atoms with Gasteiger partial charge in [0.2, 0.25) is 5.43 Å². The van der Waals surface area contributed by atoms with Gasteiger partial charge < -0.3 is 9.67 Å². The standard InChI is InChI=1S/C14H9F4NO3/c15-9-3-1-2-8(4-9)10-5-19(7-14(16,17)18)6-11(12(10)20)13(21)22/h1-6H,7H2,(H,21,22). The molecule has 0 saturated heterocycles. The minimum Gasteiger partial charge on any atom is -0.477 e. The maximum absolute atomic E-state index is 13.2. The fourth-order valence-corrected chi connectivity index (χ4v) is 1.94. The van der Waals surface area contributed by atoms with E-state index in [1.165, 1.54) is 12.1 Å². The summed E-state index contributed by atoms with van der Waals surface area (Å²) in [5.41, 5.74) is -2.10. The van der Waals surface area contributed by atoms with E-state index in [1.54, 1.807) is 0 Å². The highest BCUT2D eigenvalue weighted by Crippen LogP contribution is 2.21. The number of benzene rings is 1. The molecule has 0 spiro atoms. The van der Waals surface area contributed by atoms with Crippen molar-refractivity contribution in [3.63, 3.8) is 0 Å². The lowest BCUT2D eigenvalue weighted by Crippen LogP contribution is -2.24. The molecule has 1 heterocycles. The van der Waals surface area contributed by atoms with E-state index in [0.717, 1.165) is 18.3 Å². The van der Waals surface area contributed by atoms with Crippen LogP contribution in [0.1, 0.15) is 10.4 Å². The fourth-order valence-electron chi connectivity index (χ4n) is 1.94. The topological polar surface area (TPSA) is 59.3 Å². The molecule has 0 saturated carbocycles. The van der Waals surface area contributed by atoms with Crippen molar-refractivity contribution < 1.29 is 27.5 Å². The summed E-state index contributed by atoms with van der Waals surface area (Å²) in [5, 5.41) is 8.95. The van der Waals surface area contributed by atoms with Gasteiger partial charge in [0.25, 0.3) is 0 Å². The highest BCUT2D eigenvalue weighted by Gasteiger charge is 2.28. The Labute approximate surface area is 121 Å². The zero-order valence-electron chi connectivity index (χ0n) is 10.9. The van der Waals surface area contributed by atoms with Gasteiger partial charge in [0.1, 0.15) is 17.9 Å². The first-order valence-corrected chi connectivity index (χ1v) is 5.97. The third-order valence-corrected chi connectivity index (χ3v) is 2.81. The Hall–Kier alpha value is -2.64. The molecule has 116 valence electrons. The summed E-state index contributed by atoms with van der Waals surface area (Å²) in [6, 6.07) is 4.62. The summed E-state index contributed by atoms with van der Waals surface area (Å²) < 4.78 is 51.2. The highest BCUT2D eigenvalue weighted by atomic mass is 19.4. The predicted octanol–water partition coefficient (Wildman–Crippen LogP) is 2.91. The molecule has 0 bridgehead atoms. The van der Waals surface area contributed by atoms with Crippen molar-refractivity contribution >= 4 is 5.97 Å². The minimum atomic E-state index is -4.59. The molecule has 0 aliphatic carbocycles. The maximum atomic E-state index is 13.2. The summed E-state index contributed by atoms with van der Waals surface area (Å²) >= 11 is 0. The molecule has 0 amide bonds. The van der Waals surface area contributed by atoms with Crippen LogP contribution < -0.4 is 5.43 Å². The molecule has 2 aromatic rings. The van der Waals surface area contributed by atoms with Gasteiger partial charge in [0.15, 0.2) is 0 Å². The predicted molar refractivity (Wildman–Crippen MR) is 69.1 cm³/mol. The number of nitrogens with zero attached hydrogens (tertiary/aromatic N) is 1. The van der Waals surface area contributed by atoms with Crippen molar-refractivity contribution in [2.75, 3.05) is 0 Å². The molecule has 1 aromatic carbocycles. The quantitative estimate of drug-likeness (QED) is 0.886. The van der Waals surface area contributed by atoms with Crippen LogP contribution >= 0.6 is 0 Å². The Morgan fingerprint density at radius 2 is 1.91 bits per heavy atom. The summed E-state index contributed by atoms with van der Waals surface area (Å²) in [5.74, 6) is -2.35. The summed E-state index contributed by atoms with van der Waals surface area (Å²) in [7, 11) is 0. The van der Waals surface area contributed by atoms with Gasteiger partial charge >= 0.3 is 12.1 Å². The maximum Gasteiger partial charge on any atom is 0.406 e. The van der Waals surface area contributed by atoms with E-state index in [4.69, 9.17) is 5.11 Å². The van der Waals surface area contributed by atoms with Gasteiger partial charge in [-0.2, -0.15) is 13.2 Å². The van der Waals surface area contributed by atoms with Gasteiger partial charge in [-0.15, -0.1) is 0 Å². The van der Waals surface area contributed by atoms with Crippen LogP contribution in [0.25, 0.3) is 11.1 Å². The number of halogens is 4. The van der Waals surface area contributed by atoms with E-state index in [-0.39, 0.29) is 11.1 Å². The van der Waals surface area contributed by atoms with Crippen LogP contribution in [0.15, 0.2) is 41.5 Å². The van der Waals surface area contributed by atoms with Crippen molar-refractivity contribution in [2.24, 2.45) is 0 Å². The molecule has 22 heavy (non-hydrogen) atoms. The van der Waals surface area contributed by atoms with Crippen LogP contribution in [0.5, 0.6) is 0 Å². The second-order valence-electron chi connectivity index (χ2n) is 4.52. The Balaban J connectivity index is 2.67. The number of alkyl halides is 3. The third kappa shape index (κ3) is 3.51. The van der Waals surface area contributed by atoms with E-state index in [2.05, 4.69) is 0 Å². The van der Waals surface area contributed by atoms with Crippen LogP contribution in [-0.4, -0.2) is 21.8 Å². The molecule has 0 radical (unpaired) electrons. The lowest BCUT2D eigenvalue weighted by atomic mass is 10.0. The van der Waals surface area contributed by atoms with Crippen LogP contribution in [0.2, 0.25) is 0 Å². The van der Waals surface area contributed by atoms with Gasteiger partial charge in [-0.1, -0.05) is 12.1 Å². The van der Waals surface area contributed by atoms with E-state index in [9.17, 15) is 27.2 Å². The number of carbonyl (C=O) groups is 1. The molecular weight excluding hydrogens is 306 g/mol. The smallest absolute Gasteiger partial charge is 0.406 e. The van der Waals surface area contributed by atoms with E-state index < -0.39 is 35.5 Å². The molecule has 0 unspecified atom stereocenters. The van der Waals surface area contributed by atoms with Crippen molar-refractivity contribution in [2.45, 2.75) is 12.7 Å². The monoisotopic (exact) mass is 315 g/mol. The number of pyridine rings is 1. The Kier molecular flexibility index (Phi) is 4.03. The molecule has 2 rings (SSSR count). The minimum absolute atomic E-state index is 0.00373. The highest BCUT2D eigenvalue weighted by molar-refractivity contribution is 5.88. The first kappa shape index (κ1) is 15.7. The van der Waals surface area contributed by atoms with E-state index in [0.29, 0.717) is 10.8 Å². The van der Waals surface area contributed by atoms with Gasteiger partial charge in [-0.3, -0.25) is 4.79 Å². The van der Waals surface area contributed by atoms with E-state index >= 15 is 0 Å².